The molecule has 5 nitrogen and oxygen atoms in total. The van der Waals surface area contributed by atoms with Crippen LogP contribution in [0.3, 0.4) is 0 Å². The zero-order valence-electron chi connectivity index (χ0n) is 18.8. The van der Waals surface area contributed by atoms with Gasteiger partial charge in [0.25, 0.3) is 10.0 Å². The average molecular weight is 486 g/mol. The maximum absolute atomic E-state index is 13.1. The van der Waals surface area contributed by atoms with Crippen molar-refractivity contribution in [2.75, 3.05) is 17.9 Å². The van der Waals surface area contributed by atoms with E-state index < -0.39 is 10.0 Å². The minimum Gasteiger partial charge on any atom is -0.381 e. The van der Waals surface area contributed by atoms with Crippen LogP contribution in [-0.2, 0) is 20.2 Å². The maximum Gasteiger partial charge on any atom is 0.261 e. The van der Waals surface area contributed by atoms with Crippen LogP contribution in [0.25, 0.3) is 0 Å². The SMILES string of the molecule is C=C/C=C(\C=C/C)C(=O)c1cc(Cl)ccc1NS(=O)(=O)c1ccc(C2(C)CCOCC2)cc1. The number of sulfonamides is 1. The Morgan fingerprint density at radius 3 is 2.42 bits per heavy atom. The lowest BCUT2D eigenvalue weighted by Gasteiger charge is -2.34. The third-order valence-electron chi connectivity index (χ3n) is 5.83. The predicted octanol–water partition coefficient (Wildman–Crippen LogP) is 6.08. The molecule has 2 aromatic carbocycles. The largest absolute Gasteiger partial charge is 0.381 e. The normalized spacial score (nSPS) is 16.5. The van der Waals surface area contributed by atoms with Crippen molar-refractivity contribution >= 4 is 33.1 Å². The van der Waals surface area contributed by atoms with E-state index in [4.69, 9.17) is 16.3 Å². The summed E-state index contributed by atoms with van der Waals surface area (Å²) in [5.41, 5.74) is 1.72. The summed E-state index contributed by atoms with van der Waals surface area (Å²) in [6, 6.07) is 11.4. The molecule has 0 unspecified atom stereocenters. The minimum absolute atomic E-state index is 0.0373. The van der Waals surface area contributed by atoms with Crippen molar-refractivity contribution in [3.05, 3.63) is 95.1 Å². The van der Waals surface area contributed by atoms with Crippen molar-refractivity contribution in [3.63, 3.8) is 0 Å². The summed E-state index contributed by atoms with van der Waals surface area (Å²) in [5.74, 6) is -0.365. The van der Waals surface area contributed by atoms with Crippen molar-refractivity contribution < 1.29 is 17.9 Å². The van der Waals surface area contributed by atoms with E-state index in [1.54, 1.807) is 37.3 Å². The summed E-state index contributed by atoms with van der Waals surface area (Å²) in [7, 11) is -3.93. The van der Waals surface area contributed by atoms with Gasteiger partial charge in [0.1, 0.15) is 0 Å². The Morgan fingerprint density at radius 2 is 1.82 bits per heavy atom. The van der Waals surface area contributed by atoms with E-state index in [0.717, 1.165) is 18.4 Å². The van der Waals surface area contributed by atoms with E-state index in [9.17, 15) is 13.2 Å². The minimum atomic E-state index is -3.93. The molecule has 0 radical (unpaired) electrons. The lowest BCUT2D eigenvalue weighted by Crippen LogP contribution is -2.30. The highest BCUT2D eigenvalue weighted by Gasteiger charge is 2.29. The van der Waals surface area contributed by atoms with Crippen LogP contribution in [0.4, 0.5) is 5.69 Å². The molecule has 0 saturated carbocycles. The number of allylic oxidation sites excluding steroid dienone is 5. The molecule has 0 spiro atoms. The molecular formula is C26H28ClNO4S. The van der Waals surface area contributed by atoms with Crippen molar-refractivity contribution in [2.24, 2.45) is 0 Å². The standard InChI is InChI=1S/C26H28ClNO4S/c1-4-6-19(7-5-2)25(29)23-18-21(27)10-13-24(23)28-33(30,31)22-11-8-20(9-12-22)26(3)14-16-32-17-15-26/h4-13,18,28H,1,14-17H2,2-3H3/b7-5-,19-6+. The van der Waals surface area contributed by atoms with E-state index in [2.05, 4.69) is 18.2 Å². The zero-order chi connectivity index (χ0) is 24.1. The van der Waals surface area contributed by atoms with E-state index >= 15 is 0 Å². The molecule has 1 heterocycles. The van der Waals surface area contributed by atoms with Gasteiger partial charge in [0.05, 0.1) is 10.6 Å². The summed E-state index contributed by atoms with van der Waals surface area (Å²) in [6.07, 6.45) is 8.21. The molecule has 0 aliphatic carbocycles. The Kier molecular flexibility index (Phi) is 7.95. The highest BCUT2D eigenvalue weighted by molar-refractivity contribution is 7.92. The first-order valence-corrected chi connectivity index (χ1v) is 12.6. The fraction of sp³-hybridized carbons (Fsp3) is 0.269. The van der Waals surface area contributed by atoms with Crippen LogP contribution in [0, 0.1) is 0 Å². The van der Waals surface area contributed by atoms with Gasteiger partial charge >= 0.3 is 0 Å². The van der Waals surface area contributed by atoms with Crippen LogP contribution in [0.1, 0.15) is 42.6 Å². The van der Waals surface area contributed by atoms with Crippen LogP contribution >= 0.6 is 11.6 Å². The van der Waals surface area contributed by atoms with Gasteiger partial charge in [-0.2, -0.15) is 0 Å². The number of ether oxygens (including phenoxy) is 1. The topological polar surface area (TPSA) is 72.5 Å². The molecule has 0 aromatic heterocycles. The summed E-state index contributed by atoms with van der Waals surface area (Å²) in [5, 5.41) is 0.328. The monoisotopic (exact) mass is 485 g/mol. The Bertz CT molecular complexity index is 1190. The number of hydrogen-bond donors (Lipinski definition) is 1. The van der Waals surface area contributed by atoms with Gasteiger partial charge in [-0.05, 0) is 61.1 Å². The molecule has 1 saturated heterocycles. The summed E-state index contributed by atoms with van der Waals surface area (Å²) < 4.78 is 34.3. The first-order valence-electron chi connectivity index (χ1n) is 10.7. The van der Waals surface area contributed by atoms with Gasteiger partial charge in [-0.1, -0.05) is 61.5 Å². The summed E-state index contributed by atoms with van der Waals surface area (Å²) in [6.45, 7) is 8.98. The van der Waals surface area contributed by atoms with Gasteiger partial charge < -0.3 is 4.74 Å². The van der Waals surface area contributed by atoms with Gasteiger partial charge in [0, 0.05) is 29.4 Å². The molecule has 0 atom stereocenters. The van der Waals surface area contributed by atoms with Crippen molar-refractivity contribution in [3.8, 4) is 0 Å². The molecule has 0 bridgehead atoms. The Labute approximate surface area is 200 Å². The number of halogens is 1. The van der Waals surface area contributed by atoms with E-state index in [1.165, 1.54) is 24.3 Å². The number of Topliss-reactive ketones (excluding diaryl/α,β-unsaturated/α-hetero) is 1. The second-order valence-electron chi connectivity index (χ2n) is 8.18. The van der Waals surface area contributed by atoms with Gasteiger partial charge in [-0.15, -0.1) is 0 Å². The molecule has 1 fully saturated rings. The number of anilines is 1. The average Bonchev–Trinajstić information content (AvgIpc) is 2.80. The second kappa shape index (κ2) is 10.5. The lowest BCUT2D eigenvalue weighted by atomic mass is 9.76. The molecule has 1 aliphatic rings. The first-order chi connectivity index (χ1) is 15.7. The molecule has 1 aliphatic heterocycles. The zero-order valence-corrected chi connectivity index (χ0v) is 20.4. The quantitative estimate of drug-likeness (QED) is 0.279. The number of ketones is 1. The first kappa shape index (κ1) is 25.0. The third-order valence-corrected chi connectivity index (χ3v) is 7.45. The highest BCUT2D eigenvalue weighted by Crippen LogP contribution is 2.35. The van der Waals surface area contributed by atoms with E-state index in [0.29, 0.717) is 23.8 Å². The number of rotatable bonds is 8. The van der Waals surface area contributed by atoms with Crippen LogP contribution in [-0.4, -0.2) is 27.4 Å². The molecule has 1 N–H and O–H groups in total. The van der Waals surface area contributed by atoms with Gasteiger partial charge in [0.2, 0.25) is 0 Å². The molecule has 3 rings (SSSR count). The van der Waals surface area contributed by atoms with Crippen molar-refractivity contribution in [2.45, 2.75) is 37.0 Å². The Balaban J connectivity index is 1.92. The molecule has 33 heavy (non-hydrogen) atoms. The maximum atomic E-state index is 13.1. The van der Waals surface area contributed by atoms with Gasteiger partial charge in [0.15, 0.2) is 5.78 Å². The lowest BCUT2D eigenvalue weighted by molar-refractivity contribution is 0.0564. The van der Waals surface area contributed by atoms with E-state index in [1.807, 2.05) is 12.1 Å². The Morgan fingerprint density at radius 1 is 1.15 bits per heavy atom. The van der Waals surface area contributed by atoms with Crippen LogP contribution in [0.15, 0.2) is 83.8 Å². The number of carbonyl (C=O) groups excluding carboxylic acids is 1. The number of hydrogen-bond acceptors (Lipinski definition) is 4. The van der Waals surface area contributed by atoms with Gasteiger partial charge in [-0.25, -0.2) is 8.42 Å². The van der Waals surface area contributed by atoms with Crippen LogP contribution in [0.5, 0.6) is 0 Å². The second-order valence-corrected chi connectivity index (χ2v) is 10.3. The molecule has 174 valence electrons. The van der Waals surface area contributed by atoms with Crippen LogP contribution < -0.4 is 4.72 Å². The number of carbonyl (C=O) groups is 1. The Hall–Kier alpha value is -2.67. The smallest absolute Gasteiger partial charge is 0.261 e. The summed E-state index contributed by atoms with van der Waals surface area (Å²) in [4.78, 5) is 13.2. The predicted molar refractivity (Wildman–Crippen MR) is 134 cm³/mol. The van der Waals surface area contributed by atoms with Crippen molar-refractivity contribution in [1.29, 1.82) is 0 Å². The van der Waals surface area contributed by atoms with Gasteiger partial charge in [-0.3, -0.25) is 9.52 Å². The van der Waals surface area contributed by atoms with Crippen LogP contribution in [0.2, 0.25) is 5.02 Å². The van der Waals surface area contributed by atoms with E-state index in [-0.39, 0.29) is 27.3 Å². The number of nitrogens with one attached hydrogen (secondary N) is 1. The molecule has 2 aromatic rings. The molecule has 7 heteroatoms. The summed E-state index contributed by atoms with van der Waals surface area (Å²) >= 11 is 6.12. The number of benzene rings is 2. The molecular weight excluding hydrogens is 458 g/mol. The fourth-order valence-corrected chi connectivity index (χ4v) is 5.06. The highest BCUT2D eigenvalue weighted by atomic mass is 35.5. The fourth-order valence-electron chi connectivity index (χ4n) is 3.81. The molecule has 0 amide bonds. The third kappa shape index (κ3) is 5.82. The van der Waals surface area contributed by atoms with Crippen molar-refractivity contribution in [1.82, 2.24) is 0 Å².